The first-order valence-electron chi connectivity index (χ1n) is 7.97. The van der Waals surface area contributed by atoms with E-state index in [-0.39, 0.29) is 0 Å². The summed E-state index contributed by atoms with van der Waals surface area (Å²) in [7, 11) is 0. The number of fused-ring (bicyclic) bond motifs is 1. The third-order valence-electron chi connectivity index (χ3n) is 3.95. The van der Waals surface area contributed by atoms with E-state index >= 15 is 0 Å². The van der Waals surface area contributed by atoms with Crippen molar-refractivity contribution in [1.29, 1.82) is 0 Å². The Bertz CT molecular complexity index is 501. The minimum atomic E-state index is -0.394. The predicted molar refractivity (Wildman–Crippen MR) is 83.8 cm³/mol. The quantitative estimate of drug-likeness (QED) is 0.603. The summed E-state index contributed by atoms with van der Waals surface area (Å²) in [5, 5.41) is 11.3. The lowest BCUT2D eigenvalue weighted by Gasteiger charge is -2.08. The molecule has 0 radical (unpaired) electrons. The fraction of sp³-hybridized carbons (Fsp3) is 0.556. The first-order valence-corrected chi connectivity index (χ1v) is 7.97. The molecule has 2 heteroatoms. The number of unbranched alkanes of at least 4 members (excludes halogenated alkanes) is 6. The molecule has 2 nitrogen and oxygen atoms in total. The lowest BCUT2D eigenvalue weighted by molar-refractivity contribution is 0.163. The molecule has 1 unspecified atom stereocenters. The Morgan fingerprint density at radius 2 is 1.70 bits per heavy atom. The summed E-state index contributed by atoms with van der Waals surface area (Å²) in [5.74, 6) is 0. The van der Waals surface area contributed by atoms with Gasteiger partial charge in [0.1, 0.15) is 5.58 Å². The van der Waals surface area contributed by atoms with Gasteiger partial charge in [0.15, 0.2) is 0 Å². The lowest BCUT2D eigenvalue weighted by atomic mass is 10.0. The fourth-order valence-electron chi connectivity index (χ4n) is 2.71. The molecule has 1 aromatic heterocycles. The summed E-state index contributed by atoms with van der Waals surface area (Å²) in [6, 6.07) is 7.90. The van der Waals surface area contributed by atoms with Gasteiger partial charge in [-0.3, -0.25) is 0 Å². The molecular formula is C18H26O2. The van der Waals surface area contributed by atoms with Gasteiger partial charge < -0.3 is 9.52 Å². The number of rotatable bonds is 9. The molecule has 1 atom stereocenters. The molecule has 0 aliphatic rings. The van der Waals surface area contributed by atoms with Crippen LogP contribution in [0.5, 0.6) is 0 Å². The van der Waals surface area contributed by atoms with Crippen molar-refractivity contribution >= 4 is 11.0 Å². The van der Waals surface area contributed by atoms with Crippen LogP contribution in [0.4, 0.5) is 0 Å². The van der Waals surface area contributed by atoms with Crippen LogP contribution in [0.2, 0.25) is 0 Å². The van der Waals surface area contributed by atoms with Gasteiger partial charge in [-0.1, -0.05) is 70.1 Å². The molecule has 0 aliphatic heterocycles. The summed E-state index contributed by atoms with van der Waals surface area (Å²) in [5.41, 5.74) is 1.80. The van der Waals surface area contributed by atoms with E-state index in [1.165, 1.54) is 38.5 Å². The Labute approximate surface area is 121 Å². The third-order valence-corrected chi connectivity index (χ3v) is 3.95. The highest BCUT2D eigenvalue weighted by Crippen LogP contribution is 2.29. The normalized spacial score (nSPS) is 12.9. The summed E-state index contributed by atoms with van der Waals surface area (Å²) in [6.07, 6.45) is 11.1. The molecule has 0 amide bonds. The number of aliphatic hydroxyl groups excluding tert-OH is 1. The molecule has 110 valence electrons. The number of aliphatic hydroxyl groups is 1. The minimum absolute atomic E-state index is 0.394. The van der Waals surface area contributed by atoms with Crippen LogP contribution in [0.1, 0.15) is 70.0 Å². The zero-order chi connectivity index (χ0) is 14.2. The van der Waals surface area contributed by atoms with Gasteiger partial charge in [0.2, 0.25) is 0 Å². The van der Waals surface area contributed by atoms with Gasteiger partial charge in [-0.25, -0.2) is 0 Å². The van der Waals surface area contributed by atoms with Crippen LogP contribution in [0.3, 0.4) is 0 Å². The van der Waals surface area contributed by atoms with Crippen LogP contribution in [0.25, 0.3) is 11.0 Å². The summed E-state index contributed by atoms with van der Waals surface area (Å²) >= 11 is 0. The first kappa shape index (κ1) is 15.1. The van der Waals surface area contributed by atoms with Gasteiger partial charge in [-0.2, -0.15) is 0 Å². The number of hydrogen-bond acceptors (Lipinski definition) is 2. The second kappa shape index (κ2) is 8.11. The largest absolute Gasteiger partial charge is 0.464 e. The van der Waals surface area contributed by atoms with Gasteiger partial charge in [0.25, 0.3) is 0 Å². The van der Waals surface area contributed by atoms with E-state index in [4.69, 9.17) is 4.42 Å². The Hall–Kier alpha value is -1.28. The maximum atomic E-state index is 10.3. The fourth-order valence-corrected chi connectivity index (χ4v) is 2.71. The molecule has 20 heavy (non-hydrogen) atoms. The number of benzene rings is 1. The molecule has 1 aromatic carbocycles. The highest BCUT2D eigenvalue weighted by Gasteiger charge is 2.13. The standard InChI is InChI=1S/C18H26O2/c1-2-3-4-5-6-7-8-12-17(19)16-14-20-18-13-10-9-11-15(16)18/h9-11,13-14,17,19H,2-8,12H2,1H3. The second-order valence-electron chi connectivity index (χ2n) is 5.61. The van der Waals surface area contributed by atoms with Crippen molar-refractivity contribution in [2.75, 3.05) is 0 Å². The van der Waals surface area contributed by atoms with Crippen LogP contribution in [-0.2, 0) is 0 Å². The van der Waals surface area contributed by atoms with Gasteiger partial charge in [0, 0.05) is 10.9 Å². The van der Waals surface area contributed by atoms with Crippen LogP contribution in [0, 0.1) is 0 Å². The smallest absolute Gasteiger partial charge is 0.134 e. The van der Waals surface area contributed by atoms with Crippen LogP contribution in [0.15, 0.2) is 34.9 Å². The van der Waals surface area contributed by atoms with Crippen LogP contribution < -0.4 is 0 Å². The molecule has 0 saturated carbocycles. The Balaban J connectivity index is 1.73. The van der Waals surface area contributed by atoms with Crippen molar-refractivity contribution in [2.24, 2.45) is 0 Å². The molecule has 0 fully saturated rings. The van der Waals surface area contributed by atoms with Crippen molar-refractivity contribution in [1.82, 2.24) is 0 Å². The molecule has 0 bridgehead atoms. The van der Waals surface area contributed by atoms with Gasteiger partial charge in [0.05, 0.1) is 12.4 Å². The van der Waals surface area contributed by atoms with E-state index in [2.05, 4.69) is 6.92 Å². The Morgan fingerprint density at radius 3 is 2.50 bits per heavy atom. The number of furan rings is 1. The highest BCUT2D eigenvalue weighted by molar-refractivity contribution is 5.81. The van der Waals surface area contributed by atoms with Crippen molar-refractivity contribution in [3.8, 4) is 0 Å². The summed E-state index contributed by atoms with van der Waals surface area (Å²) in [6.45, 7) is 2.24. The highest BCUT2D eigenvalue weighted by atomic mass is 16.3. The monoisotopic (exact) mass is 274 g/mol. The SMILES string of the molecule is CCCCCCCCCC(O)c1coc2ccccc12. The van der Waals surface area contributed by atoms with Crippen molar-refractivity contribution in [2.45, 2.75) is 64.4 Å². The summed E-state index contributed by atoms with van der Waals surface area (Å²) < 4.78 is 5.48. The summed E-state index contributed by atoms with van der Waals surface area (Å²) in [4.78, 5) is 0. The zero-order valence-corrected chi connectivity index (χ0v) is 12.5. The minimum Gasteiger partial charge on any atom is -0.464 e. The molecule has 2 aromatic rings. The van der Waals surface area contributed by atoms with Crippen molar-refractivity contribution < 1.29 is 9.52 Å². The molecule has 0 saturated heterocycles. The van der Waals surface area contributed by atoms with Gasteiger partial charge in [-0.05, 0) is 12.5 Å². The predicted octanol–water partition coefficient (Wildman–Crippen LogP) is 5.61. The molecular weight excluding hydrogens is 248 g/mol. The van der Waals surface area contributed by atoms with E-state index in [9.17, 15) is 5.11 Å². The van der Waals surface area contributed by atoms with Crippen molar-refractivity contribution in [3.05, 3.63) is 36.1 Å². The second-order valence-corrected chi connectivity index (χ2v) is 5.61. The van der Waals surface area contributed by atoms with Crippen LogP contribution in [-0.4, -0.2) is 5.11 Å². The third kappa shape index (κ3) is 4.11. The zero-order valence-electron chi connectivity index (χ0n) is 12.5. The van der Waals surface area contributed by atoms with E-state index in [0.717, 1.165) is 29.4 Å². The van der Waals surface area contributed by atoms with Gasteiger partial charge >= 0.3 is 0 Å². The van der Waals surface area contributed by atoms with E-state index in [1.54, 1.807) is 6.26 Å². The average Bonchev–Trinajstić information content (AvgIpc) is 2.90. The maximum Gasteiger partial charge on any atom is 0.134 e. The molecule has 2 rings (SSSR count). The maximum absolute atomic E-state index is 10.3. The molecule has 1 N–H and O–H groups in total. The first-order chi connectivity index (χ1) is 9.83. The molecule has 0 spiro atoms. The average molecular weight is 274 g/mol. The Kier molecular flexibility index (Phi) is 6.13. The van der Waals surface area contributed by atoms with Crippen molar-refractivity contribution in [3.63, 3.8) is 0 Å². The van der Waals surface area contributed by atoms with E-state index in [1.807, 2.05) is 24.3 Å². The van der Waals surface area contributed by atoms with Gasteiger partial charge in [-0.15, -0.1) is 0 Å². The number of hydrogen-bond donors (Lipinski definition) is 1. The molecule has 1 heterocycles. The van der Waals surface area contributed by atoms with E-state index in [0.29, 0.717) is 0 Å². The van der Waals surface area contributed by atoms with Crippen LogP contribution >= 0.6 is 0 Å². The number of para-hydroxylation sites is 1. The lowest BCUT2D eigenvalue weighted by Crippen LogP contribution is -1.96. The Morgan fingerprint density at radius 1 is 1.00 bits per heavy atom. The molecule has 0 aliphatic carbocycles. The van der Waals surface area contributed by atoms with E-state index < -0.39 is 6.10 Å². The topological polar surface area (TPSA) is 33.4 Å².